The minimum Gasteiger partial charge on any atom is -0.335 e. The molecule has 0 bridgehead atoms. The van der Waals surface area contributed by atoms with Crippen LogP contribution in [-0.4, -0.2) is 67.8 Å². The van der Waals surface area contributed by atoms with Gasteiger partial charge in [0.1, 0.15) is 11.7 Å². The summed E-state index contributed by atoms with van der Waals surface area (Å²) in [6.07, 6.45) is -0.587. The van der Waals surface area contributed by atoms with Gasteiger partial charge in [-0.1, -0.05) is 6.58 Å². The van der Waals surface area contributed by atoms with E-state index in [4.69, 9.17) is 0 Å². The molecule has 10 heteroatoms. The number of hydrogen-bond acceptors (Lipinski definition) is 4. The minimum absolute atomic E-state index is 0.00617. The fourth-order valence-corrected chi connectivity index (χ4v) is 2.95. The SMILES string of the molecule is C=CC(=O)N1CCN(C(=O)c2cc(C)n3ccnc3n2)C(C(F)(F)F)C1. The van der Waals surface area contributed by atoms with E-state index in [-0.39, 0.29) is 24.6 Å². The highest BCUT2D eigenvalue weighted by molar-refractivity contribution is 5.93. The van der Waals surface area contributed by atoms with Crippen molar-refractivity contribution in [1.29, 1.82) is 0 Å². The third kappa shape index (κ3) is 3.14. The monoisotopic (exact) mass is 367 g/mol. The first-order valence-electron chi connectivity index (χ1n) is 7.82. The zero-order valence-electron chi connectivity index (χ0n) is 13.9. The van der Waals surface area contributed by atoms with Crippen molar-refractivity contribution < 1.29 is 22.8 Å². The maximum atomic E-state index is 13.5. The molecule has 2 amide bonds. The van der Waals surface area contributed by atoms with E-state index in [9.17, 15) is 22.8 Å². The Balaban J connectivity index is 1.93. The molecule has 2 aromatic rings. The topological polar surface area (TPSA) is 70.8 Å². The van der Waals surface area contributed by atoms with Crippen LogP contribution in [0.4, 0.5) is 13.2 Å². The summed E-state index contributed by atoms with van der Waals surface area (Å²) in [6.45, 7) is 4.10. The average molecular weight is 367 g/mol. The molecular formula is C16H16F3N5O2. The fourth-order valence-electron chi connectivity index (χ4n) is 2.95. The van der Waals surface area contributed by atoms with Crippen LogP contribution in [0.2, 0.25) is 0 Å². The standard InChI is InChI=1S/C16H16F3N5O2/c1-3-13(25)22-6-7-24(12(9-22)16(17,18)19)14(26)11-8-10(2)23-5-4-20-15(23)21-11/h3-5,8,12H,1,6-7,9H2,2H3. The molecule has 0 spiro atoms. The molecule has 3 rings (SSSR count). The molecule has 1 aliphatic heterocycles. The molecule has 1 saturated heterocycles. The van der Waals surface area contributed by atoms with Crippen molar-refractivity contribution >= 4 is 17.6 Å². The van der Waals surface area contributed by atoms with E-state index < -0.39 is 30.6 Å². The van der Waals surface area contributed by atoms with Gasteiger partial charge in [-0.25, -0.2) is 9.97 Å². The number of aryl methyl sites for hydroxylation is 1. The van der Waals surface area contributed by atoms with Crippen molar-refractivity contribution in [2.45, 2.75) is 19.1 Å². The zero-order valence-corrected chi connectivity index (χ0v) is 13.9. The lowest BCUT2D eigenvalue weighted by Gasteiger charge is -2.41. The Kier molecular flexibility index (Phi) is 4.43. The molecule has 0 N–H and O–H groups in total. The van der Waals surface area contributed by atoms with Crippen LogP contribution in [0.3, 0.4) is 0 Å². The number of rotatable bonds is 2. The molecule has 1 unspecified atom stereocenters. The van der Waals surface area contributed by atoms with Gasteiger partial charge < -0.3 is 9.80 Å². The number of fused-ring (bicyclic) bond motifs is 1. The van der Waals surface area contributed by atoms with Gasteiger partial charge in [-0.05, 0) is 19.1 Å². The molecular weight excluding hydrogens is 351 g/mol. The van der Waals surface area contributed by atoms with Gasteiger partial charge in [0.05, 0.1) is 6.54 Å². The maximum absolute atomic E-state index is 13.5. The number of nitrogens with zero attached hydrogens (tertiary/aromatic N) is 5. The number of carbonyl (C=O) groups is 2. The van der Waals surface area contributed by atoms with Gasteiger partial charge >= 0.3 is 6.18 Å². The van der Waals surface area contributed by atoms with Crippen molar-refractivity contribution in [3.63, 3.8) is 0 Å². The largest absolute Gasteiger partial charge is 0.410 e. The van der Waals surface area contributed by atoms with Crippen molar-refractivity contribution in [3.05, 3.63) is 42.5 Å². The lowest BCUT2D eigenvalue weighted by Crippen LogP contribution is -2.61. The Bertz CT molecular complexity index is 876. The Morgan fingerprint density at radius 1 is 1.35 bits per heavy atom. The van der Waals surface area contributed by atoms with Gasteiger partial charge in [-0.3, -0.25) is 14.0 Å². The number of carbonyl (C=O) groups excluding carboxylic acids is 2. The van der Waals surface area contributed by atoms with Crippen molar-refractivity contribution in [2.75, 3.05) is 19.6 Å². The van der Waals surface area contributed by atoms with E-state index in [2.05, 4.69) is 16.5 Å². The van der Waals surface area contributed by atoms with Crippen molar-refractivity contribution in [3.8, 4) is 0 Å². The second-order valence-electron chi connectivity index (χ2n) is 5.92. The number of imidazole rings is 1. The summed E-state index contributed by atoms with van der Waals surface area (Å²) in [7, 11) is 0. The first-order chi connectivity index (χ1) is 12.2. The van der Waals surface area contributed by atoms with Gasteiger partial charge in [-0.2, -0.15) is 13.2 Å². The van der Waals surface area contributed by atoms with Gasteiger partial charge in [0, 0.05) is 31.2 Å². The molecule has 138 valence electrons. The highest BCUT2D eigenvalue weighted by atomic mass is 19.4. The highest BCUT2D eigenvalue weighted by Crippen LogP contribution is 2.29. The van der Waals surface area contributed by atoms with E-state index in [1.807, 2.05) is 0 Å². The van der Waals surface area contributed by atoms with E-state index in [0.29, 0.717) is 10.6 Å². The number of piperazine rings is 1. The number of alkyl halides is 3. The molecule has 7 nitrogen and oxygen atoms in total. The molecule has 0 radical (unpaired) electrons. The maximum Gasteiger partial charge on any atom is 0.410 e. The smallest absolute Gasteiger partial charge is 0.335 e. The van der Waals surface area contributed by atoms with E-state index >= 15 is 0 Å². The summed E-state index contributed by atoms with van der Waals surface area (Å²) >= 11 is 0. The first kappa shape index (κ1) is 17.9. The normalized spacial score (nSPS) is 18.2. The van der Waals surface area contributed by atoms with Gasteiger partial charge in [-0.15, -0.1) is 0 Å². The highest BCUT2D eigenvalue weighted by Gasteiger charge is 2.49. The lowest BCUT2D eigenvalue weighted by molar-refractivity contribution is -0.189. The molecule has 0 saturated carbocycles. The van der Waals surface area contributed by atoms with Crippen LogP contribution in [0.5, 0.6) is 0 Å². The van der Waals surface area contributed by atoms with E-state index in [0.717, 1.165) is 11.0 Å². The minimum atomic E-state index is -4.68. The molecule has 1 fully saturated rings. The van der Waals surface area contributed by atoms with Gasteiger partial charge in [0.15, 0.2) is 0 Å². The van der Waals surface area contributed by atoms with Crippen LogP contribution >= 0.6 is 0 Å². The Morgan fingerprint density at radius 2 is 2.08 bits per heavy atom. The molecule has 1 aliphatic rings. The summed E-state index contributed by atoms with van der Waals surface area (Å²) in [5.74, 6) is -1.21. The number of amides is 2. The van der Waals surface area contributed by atoms with Gasteiger partial charge in [0.25, 0.3) is 5.91 Å². The second-order valence-corrected chi connectivity index (χ2v) is 5.92. The molecule has 0 aliphatic carbocycles. The number of aromatic nitrogens is 3. The van der Waals surface area contributed by atoms with Gasteiger partial charge in [0.2, 0.25) is 11.7 Å². The summed E-state index contributed by atoms with van der Waals surface area (Å²) < 4.78 is 42.1. The molecule has 1 atom stereocenters. The van der Waals surface area contributed by atoms with Crippen LogP contribution in [0, 0.1) is 6.92 Å². The third-order valence-corrected chi connectivity index (χ3v) is 4.29. The number of halogens is 3. The fraction of sp³-hybridized carbons (Fsp3) is 0.375. The summed E-state index contributed by atoms with van der Waals surface area (Å²) in [6, 6.07) is -0.683. The van der Waals surface area contributed by atoms with Crippen molar-refractivity contribution in [1.82, 2.24) is 24.2 Å². The predicted octanol–water partition coefficient (Wildman–Crippen LogP) is 1.44. The van der Waals surface area contributed by atoms with Crippen molar-refractivity contribution in [2.24, 2.45) is 0 Å². The van der Waals surface area contributed by atoms with E-state index in [1.165, 1.54) is 12.3 Å². The quantitative estimate of drug-likeness (QED) is 0.753. The van der Waals surface area contributed by atoms with Crippen LogP contribution < -0.4 is 0 Å². The Morgan fingerprint density at radius 3 is 2.73 bits per heavy atom. The van der Waals surface area contributed by atoms with Crippen LogP contribution in [0.1, 0.15) is 16.2 Å². The van der Waals surface area contributed by atoms with E-state index in [1.54, 1.807) is 17.5 Å². The second kappa shape index (κ2) is 6.43. The van der Waals surface area contributed by atoms with Crippen LogP contribution in [-0.2, 0) is 4.79 Å². The summed E-state index contributed by atoms with van der Waals surface area (Å²) in [5.41, 5.74) is 0.513. The first-order valence-corrected chi connectivity index (χ1v) is 7.82. The molecule has 3 heterocycles. The average Bonchev–Trinajstić information content (AvgIpc) is 3.08. The molecule has 0 aromatic carbocycles. The molecule has 2 aromatic heterocycles. The lowest BCUT2D eigenvalue weighted by atomic mass is 10.1. The third-order valence-electron chi connectivity index (χ3n) is 4.29. The predicted molar refractivity (Wildman–Crippen MR) is 85.4 cm³/mol. The Labute approximate surface area is 146 Å². The van der Waals surface area contributed by atoms with Crippen LogP contribution in [0.15, 0.2) is 31.1 Å². The Hall–Kier alpha value is -2.91. The summed E-state index contributed by atoms with van der Waals surface area (Å²) in [5, 5.41) is 0. The number of hydrogen-bond donors (Lipinski definition) is 0. The zero-order chi connectivity index (χ0) is 19.1. The molecule has 26 heavy (non-hydrogen) atoms. The summed E-state index contributed by atoms with van der Waals surface area (Å²) in [4.78, 5) is 34.2. The van der Waals surface area contributed by atoms with Crippen LogP contribution in [0.25, 0.3) is 5.78 Å².